The highest BCUT2D eigenvalue weighted by molar-refractivity contribution is 5.85. The zero-order valence-electron chi connectivity index (χ0n) is 13.4. The van der Waals surface area contributed by atoms with Gasteiger partial charge < -0.3 is 19.7 Å². The number of hydrogen-bond acceptors (Lipinski definition) is 4. The highest BCUT2D eigenvalue weighted by Gasteiger charge is 2.27. The molecule has 0 bridgehead atoms. The summed E-state index contributed by atoms with van der Waals surface area (Å²) < 4.78 is 10.9. The number of methoxy groups -OCH3 is 1. The van der Waals surface area contributed by atoms with E-state index < -0.39 is 0 Å². The van der Waals surface area contributed by atoms with E-state index in [1.807, 2.05) is 29.2 Å². The van der Waals surface area contributed by atoms with E-state index in [4.69, 9.17) is 9.47 Å². The maximum absolute atomic E-state index is 12.3. The van der Waals surface area contributed by atoms with E-state index in [0.29, 0.717) is 30.6 Å². The smallest absolute Gasteiger partial charge is 0.226 e. The van der Waals surface area contributed by atoms with Gasteiger partial charge in [0.1, 0.15) is 0 Å². The number of para-hydroxylation sites is 2. The van der Waals surface area contributed by atoms with Crippen molar-refractivity contribution in [2.45, 2.75) is 32.4 Å². The number of nitrogens with zero attached hydrogens (tertiary/aromatic N) is 1. The molecule has 5 nitrogen and oxygen atoms in total. The van der Waals surface area contributed by atoms with Gasteiger partial charge in [0.15, 0.2) is 11.5 Å². The summed E-state index contributed by atoms with van der Waals surface area (Å²) in [4.78, 5) is 14.2. The molecule has 0 saturated carbocycles. The minimum Gasteiger partial charge on any atom is -0.493 e. The lowest BCUT2D eigenvalue weighted by Gasteiger charge is -2.38. The molecule has 1 aromatic carbocycles. The van der Waals surface area contributed by atoms with Crippen LogP contribution in [0.5, 0.6) is 11.5 Å². The Bertz CT molecular complexity index is 484. The van der Waals surface area contributed by atoms with Crippen molar-refractivity contribution in [1.29, 1.82) is 0 Å². The van der Waals surface area contributed by atoms with Crippen LogP contribution in [0.2, 0.25) is 0 Å². The molecule has 0 aliphatic carbocycles. The third kappa shape index (κ3) is 4.52. The van der Waals surface area contributed by atoms with Crippen LogP contribution in [-0.2, 0) is 4.79 Å². The molecule has 0 spiro atoms. The van der Waals surface area contributed by atoms with Gasteiger partial charge >= 0.3 is 0 Å². The molecule has 2 unspecified atom stereocenters. The number of benzene rings is 1. The number of carbonyl (C=O) groups is 1. The molecule has 0 radical (unpaired) electrons. The van der Waals surface area contributed by atoms with Gasteiger partial charge in [-0.1, -0.05) is 12.1 Å². The van der Waals surface area contributed by atoms with Crippen LogP contribution in [0.4, 0.5) is 0 Å². The zero-order chi connectivity index (χ0) is 15.2. The molecular formula is C16H25ClN2O3. The standard InChI is InChI=1S/C16H24N2O3.ClH/c1-12-13(2)18(10-9-17-12)16(19)8-11-21-15-7-5-4-6-14(15)20-3;/h4-7,12-13,17H,8-11H2,1-3H3;1H. The fourth-order valence-electron chi connectivity index (χ4n) is 2.54. The first-order valence-corrected chi connectivity index (χ1v) is 7.42. The topological polar surface area (TPSA) is 50.8 Å². The highest BCUT2D eigenvalue weighted by Crippen LogP contribution is 2.25. The van der Waals surface area contributed by atoms with Gasteiger partial charge in [0.25, 0.3) is 0 Å². The van der Waals surface area contributed by atoms with Crippen molar-refractivity contribution >= 4 is 18.3 Å². The lowest BCUT2D eigenvalue weighted by Crippen LogP contribution is -2.57. The highest BCUT2D eigenvalue weighted by atomic mass is 35.5. The van der Waals surface area contributed by atoms with Crippen LogP contribution < -0.4 is 14.8 Å². The molecule has 1 aromatic rings. The van der Waals surface area contributed by atoms with Crippen molar-refractivity contribution in [2.75, 3.05) is 26.8 Å². The summed E-state index contributed by atoms with van der Waals surface area (Å²) in [5.41, 5.74) is 0. The van der Waals surface area contributed by atoms with Crippen LogP contribution in [0.15, 0.2) is 24.3 Å². The first-order chi connectivity index (χ1) is 10.1. The van der Waals surface area contributed by atoms with Crippen molar-refractivity contribution in [3.63, 3.8) is 0 Å². The summed E-state index contributed by atoms with van der Waals surface area (Å²) in [5.74, 6) is 1.51. The van der Waals surface area contributed by atoms with E-state index in [2.05, 4.69) is 19.2 Å². The molecule has 1 fully saturated rings. The Morgan fingerprint density at radius 2 is 2.00 bits per heavy atom. The number of carbonyl (C=O) groups excluding carboxylic acids is 1. The van der Waals surface area contributed by atoms with Gasteiger partial charge in [-0.05, 0) is 26.0 Å². The maximum atomic E-state index is 12.3. The number of nitrogens with one attached hydrogen (secondary N) is 1. The van der Waals surface area contributed by atoms with Gasteiger partial charge in [-0.2, -0.15) is 0 Å². The summed E-state index contributed by atoms with van der Waals surface area (Å²) in [6, 6.07) is 8.02. The molecule has 1 aliphatic heterocycles. The average molecular weight is 329 g/mol. The molecule has 22 heavy (non-hydrogen) atoms. The number of rotatable bonds is 5. The molecule has 1 saturated heterocycles. The van der Waals surface area contributed by atoms with E-state index in [1.54, 1.807) is 7.11 Å². The Morgan fingerprint density at radius 3 is 2.68 bits per heavy atom. The van der Waals surface area contributed by atoms with Gasteiger partial charge in [0.2, 0.25) is 5.91 Å². The Labute approximate surface area is 138 Å². The largest absolute Gasteiger partial charge is 0.493 e. The predicted octanol–water partition coefficient (Wildman–Crippen LogP) is 2.09. The van der Waals surface area contributed by atoms with E-state index in [1.165, 1.54) is 0 Å². The van der Waals surface area contributed by atoms with Crippen LogP contribution in [-0.4, -0.2) is 49.7 Å². The third-order valence-electron chi connectivity index (χ3n) is 4.00. The Balaban J connectivity index is 0.00000242. The molecule has 1 heterocycles. The lowest BCUT2D eigenvalue weighted by atomic mass is 10.1. The second-order valence-corrected chi connectivity index (χ2v) is 5.32. The van der Waals surface area contributed by atoms with Crippen LogP contribution in [0.1, 0.15) is 20.3 Å². The number of piperazine rings is 1. The number of ether oxygens (including phenoxy) is 2. The van der Waals surface area contributed by atoms with Gasteiger partial charge in [0.05, 0.1) is 20.1 Å². The number of hydrogen-bond donors (Lipinski definition) is 1. The van der Waals surface area contributed by atoms with E-state index in [9.17, 15) is 4.79 Å². The summed E-state index contributed by atoms with van der Waals surface area (Å²) >= 11 is 0. The number of halogens is 1. The van der Waals surface area contributed by atoms with Crippen LogP contribution in [0.3, 0.4) is 0 Å². The average Bonchev–Trinajstić information content (AvgIpc) is 2.50. The van der Waals surface area contributed by atoms with E-state index in [0.717, 1.165) is 13.1 Å². The number of amides is 1. The molecular weight excluding hydrogens is 304 g/mol. The summed E-state index contributed by atoms with van der Waals surface area (Å²) in [7, 11) is 1.61. The fourth-order valence-corrected chi connectivity index (χ4v) is 2.54. The molecule has 1 N–H and O–H groups in total. The molecule has 0 aromatic heterocycles. The van der Waals surface area contributed by atoms with Gasteiger partial charge in [0, 0.05) is 25.2 Å². The van der Waals surface area contributed by atoms with Gasteiger partial charge in [-0.3, -0.25) is 4.79 Å². The monoisotopic (exact) mass is 328 g/mol. The van der Waals surface area contributed by atoms with Crippen LogP contribution in [0, 0.1) is 0 Å². The Morgan fingerprint density at radius 1 is 1.32 bits per heavy atom. The zero-order valence-corrected chi connectivity index (χ0v) is 14.2. The van der Waals surface area contributed by atoms with Crippen molar-refractivity contribution in [3.8, 4) is 11.5 Å². The first-order valence-electron chi connectivity index (χ1n) is 7.42. The molecule has 2 atom stereocenters. The second-order valence-electron chi connectivity index (χ2n) is 5.32. The quantitative estimate of drug-likeness (QED) is 0.899. The van der Waals surface area contributed by atoms with E-state index in [-0.39, 0.29) is 24.4 Å². The fraction of sp³-hybridized carbons (Fsp3) is 0.562. The van der Waals surface area contributed by atoms with Crippen LogP contribution in [0.25, 0.3) is 0 Å². The van der Waals surface area contributed by atoms with E-state index >= 15 is 0 Å². The maximum Gasteiger partial charge on any atom is 0.226 e. The molecule has 2 rings (SSSR count). The molecule has 124 valence electrons. The van der Waals surface area contributed by atoms with Crippen molar-refractivity contribution in [1.82, 2.24) is 10.2 Å². The van der Waals surface area contributed by atoms with Crippen molar-refractivity contribution in [2.24, 2.45) is 0 Å². The summed E-state index contributed by atoms with van der Waals surface area (Å²) in [6.45, 7) is 6.17. The molecule has 6 heteroatoms. The Hall–Kier alpha value is -1.46. The third-order valence-corrected chi connectivity index (χ3v) is 4.00. The van der Waals surface area contributed by atoms with Crippen LogP contribution >= 0.6 is 12.4 Å². The summed E-state index contributed by atoms with van der Waals surface area (Å²) in [6.07, 6.45) is 0.384. The van der Waals surface area contributed by atoms with Crippen molar-refractivity contribution in [3.05, 3.63) is 24.3 Å². The first kappa shape index (κ1) is 18.6. The normalized spacial score (nSPS) is 21.0. The summed E-state index contributed by atoms with van der Waals surface area (Å²) in [5, 5.41) is 3.37. The SMILES string of the molecule is COc1ccccc1OCCC(=O)N1CCNC(C)C1C.Cl. The van der Waals surface area contributed by atoms with Crippen molar-refractivity contribution < 1.29 is 14.3 Å². The molecule has 1 aliphatic rings. The predicted molar refractivity (Wildman–Crippen MR) is 89.0 cm³/mol. The Kier molecular flexibility index (Phi) is 7.48. The minimum absolute atomic E-state index is 0. The minimum atomic E-state index is 0. The molecule has 1 amide bonds. The van der Waals surface area contributed by atoms with Gasteiger partial charge in [-0.15, -0.1) is 12.4 Å². The lowest BCUT2D eigenvalue weighted by molar-refractivity contribution is -0.135. The second kappa shape index (κ2) is 8.86. The van der Waals surface area contributed by atoms with Gasteiger partial charge in [-0.25, -0.2) is 0 Å².